The Balaban J connectivity index is 0.000000174. The van der Waals surface area contributed by atoms with Crippen LogP contribution in [0.3, 0.4) is 0 Å². The van der Waals surface area contributed by atoms with Gasteiger partial charge in [0.15, 0.2) is 40.2 Å². The third kappa shape index (κ3) is 7.93. The first-order valence-corrected chi connectivity index (χ1v) is 16.8. The number of hydrogen-bond acceptors (Lipinski definition) is 13. The molecule has 3 amide bonds. The molecule has 0 aliphatic carbocycles. The second-order valence-electron chi connectivity index (χ2n) is 12.5. The molecule has 0 saturated carbocycles. The molecule has 0 radical (unpaired) electrons. The number of nitrogen functional groups attached to an aromatic ring is 1. The number of amides is 3. The number of carboxylic acid groups (broad SMARTS) is 1. The summed E-state index contributed by atoms with van der Waals surface area (Å²) in [5, 5.41) is 21.8. The van der Waals surface area contributed by atoms with E-state index in [4.69, 9.17) is 15.3 Å². The number of nitrogens with one attached hydrogen (secondary N) is 3. The van der Waals surface area contributed by atoms with Gasteiger partial charge < -0.3 is 25.2 Å². The maximum Gasteiger partial charge on any atom is 0.354 e. The lowest BCUT2D eigenvalue weighted by atomic mass is 10.0. The number of ether oxygens (including phenoxy) is 2. The van der Waals surface area contributed by atoms with E-state index in [1.54, 1.807) is 36.4 Å². The summed E-state index contributed by atoms with van der Waals surface area (Å²) in [6, 6.07) is 12.7. The van der Waals surface area contributed by atoms with Crippen molar-refractivity contribution in [3.05, 3.63) is 118 Å². The van der Waals surface area contributed by atoms with Crippen molar-refractivity contribution < 1.29 is 52.1 Å². The first-order chi connectivity index (χ1) is 27.4. The summed E-state index contributed by atoms with van der Waals surface area (Å²) in [6.07, 6.45) is 2.24. The smallest absolute Gasteiger partial charge is 0.354 e. The van der Waals surface area contributed by atoms with E-state index in [2.05, 4.69) is 30.8 Å². The molecule has 19 nitrogen and oxygen atoms in total. The number of carbonyl (C=O) groups excluding carboxylic acids is 5. The molecule has 6 N–H and O–H groups in total. The predicted octanol–water partition coefficient (Wildman–Crippen LogP) is 0.906. The van der Waals surface area contributed by atoms with Gasteiger partial charge in [-0.15, -0.1) is 0 Å². The number of nitrogens with two attached hydrogens (primary N) is 1. The number of hydrogen-bond donors (Lipinski definition) is 5. The van der Waals surface area contributed by atoms with Gasteiger partial charge in [-0.05, 0) is 35.4 Å². The van der Waals surface area contributed by atoms with Gasteiger partial charge in [0.25, 0.3) is 17.7 Å². The molecule has 0 saturated heterocycles. The zero-order valence-electron chi connectivity index (χ0n) is 29.2. The minimum Gasteiger partial charge on any atom is -0.486 e. The zero-order chi connectivity index (χ0) is 40.4. The van der Waals surface area contributed by atoms with Crippen LogP contribution in [0.5, 0.6) is 11.5 Å². The Morgan fingerprint density at radius 2 is 1.16 bits per heavy atom. The second kappa shape index (κ2) is 15.6. The quantitative estimate of drug-likeness (QED) is 0.0817. The van der Waals surface area contributed by atoms with Gasteiger partial charge in [-0.3, -0.25) is 29.4 Å². The van der Waals surface area contributed by atoms with E-state index in [1.165, 1.54) is 0 Å². The average molecular weight is 783 g/mol. The van der Waals surface area contributed by atoms with Gasteiger partial charge >= 0.3 is 5.97 Å². The van der Waals surface area contributed by atoms with E-state index in [0.717, 1.165) is 55.8 Å². The minimum absolute atomic E-state index is 0.0234. The van der Waals surface area contributed by atoms with Crippen molar-refractivity contribution in [3.8, 4) is 11.5 Å². The highest BCUT2D eigenvalue weighted by molar-refractivity contribution is 5.98. The molecule has 2 aliphatic rings. The highest BCUT2D eigenvalue weighted by atomic mass is 19.1. The van der Waals surface area contributed by atoms with Crippen molar-refractivity contribution in [2.75, 3.05) is 13.2 Å². The van der Waals surface area contributed by atoms with Crippen LogP contribution in [0.4, 0.5) is 8.78 Å². The van der Waals surface area contributed by atoms with Crippen molar-refractivity contribution in [3.63, 3.8) is 0 Å². The molecule has 57 heavy (non-hydrogen) atoms. The zero-order valence-corrected chi connectivity index (χ0v) is 29.2. The van der Waals surface area contributed by atoms with Gasteiger partial charge in [0, 0.05) is 49.2 Å². The first kappa shape index (κ1) is 37.6. The number of ketones is 2. The fourth-order valence-electron chi connectivity index (χ4n) is 5.93. The fraction of sp³-hybridized carbons (Fsp3) is 0.167. The fourth-order valence-corrected chi connectivity index (χ4v) is 5.93. The summed E-state index contributed by atoms with van der Waals surface area (Å²) in [4.78, 5) is 79.1. The number of carbonyl (C=O) groups is 6. The third-order valence-electron chi connectivity index (χ3n) is 8.61. The van der Waals surface area contributed by atoms with Crippen molar-refractivity contribution in [1.82, 2.24) is 45.3 Å². The Hall–Kier alpha value is -7.68. The Labute approximate surface area is 317 Å². The molecule has 2 aromatic carbocycles. The van der Waals surface area contributed by atoms with Crippen LogP contribution in [0.25, 0.3) is 11.3 Å². The summed E-state index contributed by atoms with van der Waals surface area (Å²) in [6.45, 7) is 0.347. The number of rotatable bonds is 8. The van der Waals surface area contributed by atoms with Gasteiger partial charge in [-0.2, -0.15) is 10.2 Å². The van der Waals surface area contributed by atoms with E-state index in [1.807, 2.05) is 5.43 Å². The molecule has 4 aromatic heterocycles. The van der Waals surface area contributed by atoms with Crippen molar-refractivity contribution in [2.24, 2.45) is 5.84 Å². The molecule has 0 unspecified atom stereocenters. The maximum atomic E-state index is 13.9. The van der Waals surface area contributed by atoms with E-state index in [9.17, 15) is 42.7 Å². The molecule has 21 heteroatoms. The topological polar surface area (TPSA) is 264 Å². The number of fused-ring (bicyclic) bond motifs is 4. The van der Waals surface area contributed by atoms with E-state index in [-0.39, 0.29) is 84.8 Å². The van der Waals surface area contributed by atoms with E-state index in [0.29, 0.717) is 11.5 Å². The SMILES string of the molecule is NNC(=O)c1cc(C(=O)NCc2ccc3c(c2)CC(=O)CO3)nc2c(F)cnn12.O=C1COc2ccc(CNC(=O)c3cc(C(=O)O)n4ncc(F)c4n3)cc2C1. The Bertz CT molecular complexity index is 2660. The third-order valence-corrected chi connectivity index (χ3v) is 8.61. The highest BCUT2D eigenvalue weighted by Gasteiger charge is 2.23. The van der Waals surface area contributed by atoms with Crippen LogP contribution >= 0.6 is 0 Å². The first-order valence-electron chi connectivity index (χ1n) is 16.8. The number of carboxylic acids is 1. The lowest BCUT2D eigenvalue weighted by molar-refractivity contribution is -0.122. The van der Waals surface area contributed by atoms with Gasteiger partial charge in [-0.25, -0.2) is 38.4 Å². The standard InChI is InChI=1S/C18H15FN6O4.C18H13FN4O5/c19-12-7-22-25-14(18(28)24-20)5-13(23-16(12)25)17(27)21-6-9-1-2-15-10(3-9)4-11(26)8-29-15;19-12-7-21-23-14(18(26)27)5-13(22-16(12)23)17(25)20-6-9-1-2-15-10(3-9)4-11(24)8-28-15/h1-3,5,7H,4,6,8,20H2,(H,21,27)(H,24,28);1-3,5,7H,4,6,8H2,(H,20,25)(H,26,27). The van der Waals surface area contributed by atoms with Crippen LogP contribution in [0.15, 0.2) is 60.9 Å². The van der Waals surface area contributed by atoms with E-state index < -0.39 is 35.3 Å². The van der Waals surface area contributed by atoms with Crippen LogP contribution in [-0.4, -0.2) is 82.8 Å². The average Bonchev–Trinajstić information content (AvgIpc) is 3.78. The van der Waals surface area contributed by atoms with Crippen molar-refractivity contribution >= 4 is 46.6 Å². The van der Waals surface area contributed by atoms with Crippen LogP contribution < -0.4 is 31.4 Å². The predicted molar refractivity (Wildman–Crippen MR) is 188 cm³/mol. The lowest BCUT2D eigenvalue weighted by Crippen LogP contribution is -2.33. The number of halogens is 2. The number of Topliss-reactive ketones (excluding diaryl/α,β-unsaturated/α-hetero) is 2. The van der Waals surface area contributed by atoms with Crippen LogP contribution in [0.1, 0.15) is 64.2 Å². The maximum absolute atomic E-state index is 13.9. The Morgan fingerprint density at radius 3 is 1.61 bits per heavy atom. The van der Waals surface area contributed by atoms with Crippen molar-refractivity contribution in [1.29, 1.82) is 0 Å². The number of nitrogens with zero attached hydrogens (tertiary/aromatic N) is 6. The van der Waals surface area contributed by atoms with Crippen LogP contribution in [0.2, 0.25) is 0 Å². The lowest BCUT2D eigenvalue weighted by Gasteiger charge is -2.17. The number of aromatic nitrogens is 6. The molecular formula is C36H28F2N10O9. The molecule has 0 atom stereocenters. The summed E-state index contributed by atoms with van der Waals surface area (Å²) < 4.78 is 40.1. The number of benzene rings is 2. The monoisotopic (exact) mass is 782 g/mol. The molecule has 0 fully saturated rings. The largest absolute Gasteiger partial charge is 0.486 e. The molecule has 6 aromatic rings. The molecule has 6 heterocycles. The minimum atomic E-state index is -1.37. The number of hydrazine groups is 1. The summed E-state index contributed by atoms with van der Waals surface area (Å²) in [5.74, 6) is 1.31. The molecule has 0 spiro atoms. The Kier molecular flexibility index (Phi) is 10.3. The normalized spacial score (nSPS) is 13.0. The molecule has 290 valence electrons. The highest BCUT2D eigenvalue weighted by Crippen LogP contribution is 2.26. The van der Waals surface area contributed by atoms with E-state index >= 15 is 0 Å². The summed E-state index contributed by atoms with van der Waals surface area (Å²) in [7, 11) is 0. The van der Waals surface area contributed by atoms with Gasteiger partial charge in [-0.1, -0.05) is 12.1 Å². The van der Waals surface area contributed by atoms with Crippen molar-refractivity contribution in [2.45, 2.75) is 25.9 Å². The molecule has 0 bridgehead atoms. The van der Waals surface area contributed by atoms with Gasteiger partial charge in [0.2, 0.25) is 0 Å². The van der Waals surface area contributed by atoms with Crippen LogP contribution in [0, 0.1) is 11.6 Å². The van der Waals surface area contributed by atoms with Crippen LogP contribution in [-0.2, 0) is 35.5 Å². The second-order valence-corrected chi connectivity index (χ2v) is 12.5. The summed E-state index contributed by atoms with van der Waals surface area (Å²) in [5.41, 5.74) is 3.28. The Morgan fingerprint density at radius 1 is 0.702 bits per heavy atom. The van der Waals surface area contributed by atoms with Gasteiger partial charge in [0.1, 0.15) is 41.8 Å². The summed E-state index contributed by atoms with van der Waals surface area (Å²) >= 11 is 0. The van der Waals surface area contributed by atoms with Gasteiger partial charge in [0.05, 0.1) is 12.4 Å². The number of aromatic carboxylic acids is 1. The molecular weight excluding hydrogens is 754 g/mol. The molecule has 8 rings (SSSR count). The molecule has 2 aliphatic heterocycles.